The van der Waals surface area contributed by atoms with Crippen molar-refractivity contribution in [1.82, 2.24) is 14.5 Å². The number of nitrogens with zero attached hydrogens (tertiary/aromatic N) is 3. The molecule has 3 nitrogen and oxygen atoms in total. The Kier molecular flexibility index (Phi) is 4.95. The maximum Gasteiger partial charge on any atom is 0.235 e. The summed E-state index contributed by atoms with van der Waals surface area (Å²) in [6, 6.07) is 40.7. The zero-order chi connectivity index (χ0) is 25.8. The van der Waals surface area contributed by atoms with E-state index in [0.717, 1.165) is 46.5 Å². The van der Waals surface area contributed by atoms with E-state index >= 15 is 0 Å². The van der Waals surface area contributed by atoms with E-state index in [9.17, 15) is 0 Å². The molecule has 0 aliphatic heterocycles. The quantitative estimate of drug-likeness (QED) is 0.243. The molecular weight excluding hydrogens is 474 g/mol. The van der Waals surface area contributed by atoms with Crippen LogP contribution in [0.3, 0.4) is 0 Å². The van der Waals surface area contributed by atoms with Crippen LogP contribution in [-0.2, 0) is 6.42 Å². The normalized spacial score (nSPS) is 12.8. The van der Waals surface area contributed by atoms with Gasteiger partial charge in [-0.25, -0.2) is 9.97 Å². The number of benzene rings is 5. The molecule has 1 aliphatic rings. The van der Waals surface area contributed by atoms with Crippen LogP contribution >= 0.6 is 0 Å². The third-order valence-corrected chi connectivity index (χ3v) is 7.89. The van der Waals surface area contributed by atoms with Crippen LogP contribution < -0.4 is 0 Å². The Morgan fingerprint density at radius 2 is 1.31 bits per heavy atom. The Morgan fingerprint density at radius 3 is 2.18 bits per heavy atom. The van der Waals surface area contributed by atoms with Crippen molar-refractivity contribution in [2.75, 3.05) is 0 Å². The van der Waals surface area contributed by atoms with E-state index in [-0.39, 0.29) is 0 Å². The lowest BCUT2D eigenvalue weighted by Crippen LogP contribution is -2.08. The number of aromatic nitrogens is 3. The second-order valence-electron chi connectivity index (χ2n) is 10.2. The minimum atomic E-state index is 0.729. The van der Waals surface area contributed by atoms with Gasteiger partial charge in [-0.05, 0) is 46.9 Å². The van der Waals surface area contributed by atoms with Gasteiger partial charge >= 0.3 is 0 Å². The van der Waals surface area contributed by atoms with Crippen molar-refractivity contribution in [2.45, 2.75) is 12.8 Å². The number of hydrogen-bond donors (Lipinski definition) is 0. The zero-order valence-corrected chi connectivity index (χ0v) is 21.4. The summed E-state index contributed by atoms with van der Waals surface area (Å²) in [5, 5.41) is 4.87. The molecule has 39 heavy (non-hydrogen) atoms. The third kappa shape index (κ3) is 3.51. The van der Waals surface area contributed by atoms with E-state index in [4.69, 9.17) is 9.97 Å². The molecule has 0 spiro atoms. The van der Waals surface area contributed by atoms with Gasteiger partial charge in [-0.2, -0.15) is 0 Å². The largest absolute Gasteiger partial charge is 0.282 e. The van der Waals surface area contributed by atoms with Crippen LogP contribution in [0.4, 0.5) is 0 Å². The number of allylic oxidation sites excluding steroid dienone is 1. The fraction of sp³-hybridized carbons (Fsp3) is 0.0556. The Balaban J connectivity index is 1.38. The molecule has 0 bridgehead atoms. The second-order valence-corrected chi connectivity index (χ2v) is 10.2. The summed E-state index contributed by atoms with van der Waals surface area (Å²) in [6.45, 7) is 0. The van der Waals surface area contributed by atoms with Gasteiger partial charge in [-0.3, -0.25) is 4.57 Å². The molecular formula is C36H25N3. The summed E-state index contributed by atoms with van der Waals surface area (Å²) in [7, 11) is 0. The van der Waals surface area contributed by atoms with Crippen molar-refractivity contribution in [1.29, 1.82) is 0 Å². The van der Waals surface area contributed by atoms with Crippen LogP contribution in [0.2, 0.25) is 0 Å². The summed E-state index contributed by atoms with van der Waals surface area (Å²) in [5.74, 6) is 0.729. The Bertz CT molecular complexity index is 2050. The molecule has 0 amide bonds. The summed E-state index contributed by atoms with van der Waals surface area (Å²) in [5.41, 5.74) is 9.13. The molecule has 184 valence electrons. The molecule has 8 rings (SSSR count). The lowest BCUT2D eigenvalue weighted by Gasteiger charge is -2.14. The molecule has 0 saturated carbocycles. The predicted molar refractivity (Wildman–Crippen MR) is 162 cm³/mol. The maximum atomic E-state index is 5.28. The smallest absolute Gasteiger partial charge is 0.235 e. The van der Waals surface area contributed by atoms with Crippen molar-refractivity contribution in [3.8, 4) is 28.3 Å². The van der Waals surface area contributed by atoms with E-state index in [1.165, 1.54) is 38.5 Å². The van der Waals surface area contributed by atoms with Gasteiger partial charge in [-0.15, -0.1) is 0 Å². The number of rotatable bonds is 3. The van der Waals surface area contributed by atoms with E-state index in [0.29, 0.717) is 0 Å². The lowest BCUT2D eigenvalue weighted by atomic mass is 9.98. The van der Waals surface area contributed by atoms with Crippen molar-refractivity contribution < 1.29 is 0 Å². The molecule has 0 fully saturated rings. The van der Waals surface area contributed by atoms with E-state index in [1.54, 1.807) is 0 Å². The van der Waals surface area contributed by atoms with Crippen molar-refractivity contribution >= 4 is 38.7 Å². The molecule has 0 radical (unpaired) electrons. The van der Waals surface area contributed by atoms with Gasteiger partial charge in [0.2, 0.25) is 5.95 Å². The Morgan fingerprint density at radius 1 is 0.590 bits per heavy atom. The lowest BCUT2D eigenvalue weighted by molar-refractivity contribution is 0.852. The molecule has 0 atom stereocenters. The average Bonchev–Trinajstić information content (AvgIpc) is 3.36. The van der Waals surface area contributed by atoms with Crippen molar-refractivity contribution in [3.05, 3.63) is 133 Å². The highest BCUT2D eigenvalue weighted by Gasteiger charge is 2.22. The van der Waals surface area contributed by atoms with Gasteiger partial charge < -0.3 is 0 Å². The van der Waals surface area contributed by atoms with E-state index in [1.807, 2.05) is 0 Å². The van der Waals surface area contributed by atoms with Crippen LogP contribution in [0.25, 0.3) is 67.0 Å². The molecule has 0 saturated heterocycles. The Hall–Kier alpha value is -5.02. The minimum Gasteiger partial charge on any atom is -0.282 e. The summed E-state index contributed by atoms with van der Waals surface area (Å²) in [6.07, 6.45) is 6.55. The third-order valence-electron chi connectivity index (χ3n) is 7.89. The number of para-hydroxylation sites is 1. The first-order valence-corrected chi connectivity index (χ1v) is 13.5. The van der Waals surface area contributed by atoms with Gasteiger partial charge in [0, 0.05) is 27.6 Å². The molecule has 7 aromatic rings. The first-order chi connectivity index (χ1) is 19.3. The van der Waals surface area contributed by atoms with E-state index < -0.39 is 0 Å². The van der Waals surface area contributed by atoms with Crippen LogP contribution in [0.5, 0.6) is 0 Å². The monoisotopic (exact) mass is 499 g/mol. The molecule has 0 unspecified atom stereocenters. The first-order valence-electron chi connectivity index (χ1n) is 13.5. The molecule has 1 aliphatic carbocycles. The van der Waals surface area contributed by atoms with Gasteiger partial charge in [0.1, 0.15) is 0 Å². The van der Waals surface area contributed by atoms with Crippen LogP contribution in [0, 0.1) is 0 Å². The van der Waals surface area contributed by atoms with Crippen LogP contribution in [0.1, 0.15) is 17.7 Å². The minimum absolute atomic E-state index is 0.729. The summed E-state index contributed by atoms with van der Waals surface area (Å²) >= 11 is 0. The summed E-state index contributed by atoms with van der Waals surface area (Å²) < 4.78 is 2.30. The highest BCUT2D eigenvalue weighted by atomic mass is 15.2. The molecule has 2 aromatic heterocycles. The predicted octanol–water partition coefficient (Wildman–Crippen LogP) is 9.02. The Labute approximate surface area is 226 Å². The van der Waals surface area contributed by atoms with Crippen molar-refractivity contribution in [2.24, 2.45) is 0 Å². The van der Waals surface area contributed by atoms with Gasteiger partial charge in [0.25, 0.3) is 0 Å². The zero-order valence-electron chi connectivity index (χ0n) is 21.4. The molecule has 3 heteroatoms. The summed E-state index contributed by atoms with van der Waals surface area (Å²) in [4.78, 5) is 10.4. The topological polar surface area (TPSA) is 30.7 Å². The molecule has 5 aromatic carbocycles. The van der Waals surface area contributed by atoms with Gasteiger partial charge in [0.15, 0.2) is 0 Å². The van der Waals surface area contributed by atoms with Crippen molar-refractivity contribution in [3.63, 3.8) is 0 Å². The van der Waals surface area contributed by atoms with Crippen LogP contribution in [-0.4, -0.2) is 14.5 Å². The highest BCUT2D eigenvalue weighted by Crippen LogP contribution is 2.38. The maximum absolute atomic E-state index is 5.28. The standard InChI is InChI=1S/C36H25N3/c1-2-10-24(11-3-1)25-18-20-27(21-19-25)35-29-14-6-8-16-31(29)37-36(38-35)39-32-17-9-7-15-30(32)34-28-13-5-4-12-26(28)22-23-33(34)39/h1-8,10-16,18-23H,9,17H2. The van der Waals surface area contributed by atoms with E-state index in [2.05, 4.69) is 132 Å². The first kappa shape index (κ1) is 22.0. The van der Waals surface area contributed by atoms with Gasteiger partial charge in [0.05, 0.1) is 16.7 Å². The van der Waals surface area contributed by atoms with Gasteiger partial charge in [-0.1, -0.05) is 115 Å². The average molecular weight is 500 g/mol. The highest BCUT2D eigenvalue weighted by molar-refractivity contribution is 6.12. The SMILES string of the molecule is C1=Cc2c(n(-c3nc(-c4ccc(-c5ccccc5)cc4)c4ccccc4n3)c3ccc4ccccc4c23)CC1. The molecule has 0 N–H and O–H groups in total. The number of fused-ring (bicyclic) bond motifs is 6. The van der Waals surface area contributed by atoms with Crippen LogP contribution in [0.15, 0.2) is 121 Å². The fourth-order valence-electron chi connectivity index (χ4n) is 6.05. The fourth-order valence-corrected chi connectivity index (χ4v) is 6.05. The number of hydrogen-bond acceptors (Lipinski definition) is 2. The molecule has 2 heterocycles. The second kappa shape index (κ2) is 8.78.